The number of alkyl halides is 3. The Morgan fingerprint density at radius 1 is 1.17 bits per heavy atom. The molecule has 1 N–H and O–H groups in total. The highest BCUT2D eigenvalue weighted by Gasteiger charge is 2.39. The van der Waals surface area contributed by atoms with Crippen LogP contribution in [0.4, 0.5) is 18.9 Å². The van der Waals surface area contributed by atoms with E-state index in [1.54, 1.807) is 26.0 Å². The van der Waals surface area contributed by atoms with Gasteiger partial charge in [0.05, 0.1) is 0 Å². The molecule has 0 spiro atoms. The fraction of sp³-hybridized carbons (Fsp3) is 0.417. The molecule has 0 aliphatic heterocycles. The van der Waals surface area contributed by atoms with Gasteiger partial charge in [0.25, 0.3) is 0 Å². The lowest BCUT2D eigenvalue weighted by Crippen LogP contribution is -2.30. The van der Waals surface area contributed by atoms with Crippen LogP contribution in [-0.2, 0) is 4.79 Å². The third-order valence-electron chi connectivity index (χ3n) is 1.99. The Bertz CT molecular complexity index is 407. The Balaban J connectivity index is 0.00000137. The van der Waals surface area contributed by atoms with Crippen molar-refractivity contribution >= 4 is 27.5 Å². The Hall–Kier alpha value is -1.04. The van der Waals surface area contributed by atoms with Crippen molar-refractivity contribution in [3.8, 4) is 0 Å². The summed E-state index contributed by atoms with van der Waals surface area (Å²) in [5.41, 5.74) is 1.35. The molecule has 18 heavy (non-hydrogen) atoms. The van der Waals surface area contributed by atoms with E-state index >= 15 is 0 Å². The van der Waals surface area contributed by atoms with Crippen LogP contribution >= 0.6 is 15.9 Å². The Labute approximate surface area is 113 Å². The van der Waals surface area contributed by atoms with Crippen LogP contribution in [0.2, 0.25) is 0 Å². The third-order valence-corrected chi connectivity index (χ3v) is 2.45. The molecule has 6 heteroatoms. The molecule has 102 valence electrons. The zero-order valence-corrected chi connectivity index (χ0v) is 12.2. The van der Waals surface area contributed by atoms with E-state index in [4.69, 9.17) is 0 Å². The molecule has 0 aliphatic rings. The van der Waals surface area contributed by atoms with Gasteiger partial charge in [0.2, 0.25) is 0 Å². The van der Waals surface area contributed by atoms with Gasteiger partial charge in [-0.3, -0.25) is 4.79 Å². The number of rotatable bonds is 1. The fourth-order valence-corrected chi connectivity index (χ4v) is 1.98. The Morgan fingerprint density at radius 3 is 1.89 bits per heavy atom. The first kappa shape index (κ1) is 17.0. The van der Waals surface area contributed by atoms with Crippen LogP contribution in [0.1, 0.15) is 25.0 Å². The van der Waals surface area contributed by atoms with Crippen LogP contribution in [0.3, 0.4) is 0 Å². The van der Waals surface area contributed by atoms with Gasteiger partial charge in [-0.2, -0.15) is 13.2 Å². The minimum atomic E-state index is -4.87. The Morgan fingerprint density at radius 2 is 1.56 bits per heavy atom. The second-order valence-electron chi connectivity index (χ2n) is 3.37. The molecular weight excluding hydrogens is 311 g/mol. The zero-order chi connectivity index (χ0) is 14.5. The molecule has 0 bridgehead atoms. The molecular formula is C12H15BrF3NO. The van der Waals surface area contributed by atoms with Gasteiger partial charge in [-0.05, 0) is 37.1 Å². The number of hydrogen-bond acceptors (Lipinski definition) is 1. The van der Waals surface area contributed by atoms with Gasteiger partial charge < -0.3 is 5.32 Å². The summed E-state index contributed by atoms with van der Waals surface area (Å²) >= 11 is 3.22. The normalized spacial score (nSPS) is 10.4. The van der Waals surface area contributed by atoms with E-state index in [0.29, 0.717) is 11.1 Å². The summed E-state index contributed by atoms with van der Waals surface area (Å²) in [7, 11) is 0. The third kappa shape index (κ3) is 4.68. The van der Waals surface area contributed by atoms with Crippen LogP contribution in [0, 0.1) is 13.8 Å². The topological polar surface area (TPSA) is 29.1 Å². The largest absolute Gasteiger partial charge is 0.471 e. The van der Waals surface area contributed by atoms with Gasteiger partial charge in [0.15, 0.2) is 0 Å². The van der Waals surface area contributed by atoms with Crippen molar-refractivity contribution < 1.29 is 18.0 Å². The lowest BCUT2D eigenvalue weighted by atomic mass is 10.1. The lowest BCUT2D eigenvalue weighted by Gasteiger charge is -2.13. The van der Waals surface area contributed by atoms with Crippen molar-refractivity contribution in [2.24, 2.45) is 0 Å². The highest BCUT2D eigenvalue weighted by Crippen LogP contribution is 2.27. The summed E-state index contributed by atoms with van der Waals surface area (Å²) < 4.78 is 36.9. The SMILES string of the molecule is CC.Cc1cc(Br)cc(C)c1NC(=O)C(F)(F)F. The van der Waals surface area contributed by atoms with E-state index in [-0.39, 0.29) is 5.69 Å². The van der Waals surface area contributed by atoms with Gasteiger partial charge in [-0.25, -0.2) is 0 Å². The molecule has 1 rings (SSSR count). The van der Waals surface area contributed by atoms with Crippen LogP contribution in [0.25, 0.3) is 0 Å². The number of carbonyl (C=O) groups is 1. The molecule has 0 saturated carbocycles. The van der Waals surface area contributed by atoms with Crippen molar-refractivity contribution in [1.29, 1.82) is 0 Å². The van der Waals surface area contributed by atoms with Crippen molar-refractivity contribution in [3.05, 3.63) is 27.7 Å². The minimum Gasteiger partial charge on any atom is -0.318 e. The molecule has 1 amide bonds. The molecule has 0 fully saturated rings. The van der Waals surface area contributed by atoms with E-state index < -0.39 is 12.1 Å². The maximum atomic E-state index is 12.1. The predicted octanol–water partition coefficient (Wildman–Crippen LogP) is 4.59. The molecule has 0 atom stereocenters. The number of hydrogen-bond donors (Lipinski definition) is 1. The summed E-state index contributed by atoms with van der Waals surface area (Å²) in [5, 5.41) is 1.86. The molecule has 1 aromatic rings. The lowest BCUT2D eigenvalue weighted by molar-refractivity contribution is -0.167. The second kappa shape index (κ2) is 6.78. The van der Waals surface area contributed by atoms with E-state index in [1.165, 1.54) is 0 Å². The highest BCUT2D eigenvalue weighted by atomic mass is 79.9. The van der Waals surface area contributed by atoms with Gasteiger partial charge in [-0.15, -0.1) is 0 Å². The first-order valence-electron chi connectivity index (χ1n) is 5.36. The van der Waals surface area contributed by atoms with E-state index in [9.17, 15) is 18.0 Å². The molecule has 0 aromatic heterocycles. The molecule has 1 aromatic carbocycles. The highest BCUT2D eigenvalue weighted by molar-refractivity contribution is 9.10. The van der Waals surface area contributed by atoms with Gasteiger partial charge in [0, 0.05) is 10.2 Å². The van der Waals surface area contributed by atoms with E-state index in [0.717, 1.165) is 4.47 Å². The molecule has 0 unspecified atom stereocenters. The van der Waals surface area contributed by atoms with Crippen molar-refractivity contribution in [1.82, 2.24) is 0 Å². The number of benzene rings is 1. The zero-order valence-electron chi connectivity index (χ0n) is 10.6. The standard InChI is InChI=1S/C10H9BrF3NO.C2H6/c1-5-3-7(11)4-6(2)8(5)15-9(16)10(12,13)14;1-2/h3-4H,1-2H3,(H,15,16);1-2H3. The number of aryl methyl sites for hydroxylation is 2. The first-order chi connectivity index (χ1) is 8.21. The number of anilines is 1. The maximum absolute atomic E-state index is 12.1. The Kier molecular flexibility index (Phi) is 6.38. The summed E-state index contributed by atoms with van der Waals surface area (Å²) in [6, 6.07) is 3.28. The number of halogens is 4. The molecule has 0 heterocycles. The van der Waals surface area contributed by atoms with Gasteiger partial charge >= 0.3 is 12.1 Å². The van der Waals surface area contributed by atoms with Crippen molar-refractivity contribution in [3.63, 3.8) is 0 Å². The van der Waals surface area contributed by atoms with E-state index in [2.05, 4.69) is 15.9 Å². The van der Waals surface area contributed by atoms with Crippen LogP contribution in [-0.4, -0.2) is 12.1 Å². The molecule has 0 saturated heterocycles. The molecule has 0 aliphatic carbocycles. The number of amides is 1. The van der Waals surface area contributed by atoms with Gasteiger partial charge in [-0.1, -0.05) is 29.8 Å². The molecule has 2 nitrogen and oxygen atoms in total. The quantitative estimate of drug-likeness (QED) is 0.803. The number of carbonyl (C=O) groups excluding carboxylic acids is 1. The summed E-state index contributed by atoms with van der Waals surface area (Å²) in [6.07, 6.45) is -4.87. The van der Waals surface area contributed by atoms with Crippen LogP contribution in [0.5, 0.6) is 0 Å². The summed E-state index contributed by atoms with van der Waals surface area (Å²) in [6.45, 7) is 7.26. The summed E-state index contributed by atoms with van der Waals surface area (Å²) in [4.78, 5) is 10.8. The minimum absolute atomic E-state index is 0.200. The second-order valence-corrected chi connectivity index (χ2v) is 4.28. The fourth-order valence-electron chi connectivity index (χ4n) is 1.29. The smallest absolute Gasteiger partial charge is 0.318 e. The summed E-state index contributed by atoms with van der Waals surface area (Å²) in [5.74, 6) is -1.96. The first-order valence-corrected chi connectivity index (χ1v) is 6.16. The molecule has 0 radical (unpaired) electrons. The van der Waals surface area contributed by atoms with Crippen LogP contribution in [0.15, 0.2) is 16.6 Å². The van der Waals surface area contributed by atoms with Crippen molar-refractivity contribution in [2.75, 3.05) is 5.32 Å². The van der Waals surface area contributed by atoms with Crippen LogP contribution < -0.4 is 5.32 Å². The average molecular weight is 326 g/mol. The maximum Gasteiger partial charge on any atom is 0.471 e. The van der Waals surface area contributed by atoms with Gasteiger partial charge in [0.1, 0.15) is 0 Å². The van der Waals surface area contributed by atoms with E-state index in [1.807, 2.05) is 19.2 Å². The van der Waals surface area contributed by atoms with Crippen molar-refractivity contribution in [2.45, 2.75) is 33.9 Å². The monoisotopic (exact) mass is 325 g/mol. The average Bonchev–Trinajstić information content (AvgIpc) is 2.24. The predicted molar refractivity (Wildman–Crippen MR) is 69.6 cm³/mol. The number of nitrogens with one attached hydrogen (secondary N) is 1.